The number of carbonyl (C=O) groups excluding carboxylic acids is 1. The number of methoxy groups -OCH3 is 1. The van der Waals surface area contributed by atoms with Crippen molar-refractivity contribution in [3.63, 3.8) is 0 Å². The number of alkyl halides is 2. The highest BCUT2D eigenvalue weighted by atomic mass is 19.3. The number of oxazole rings is 1. The molecule has 32 heavy (non-hydrogen) atoms. The van der Waals surface area contributed by atoms with Gasteiger partial charge in [-0.1, -0.05) is 6.07 Å². The van der Waals surface area contributed by atoms with Gasteiger partial charge >= 0.3 is 6.61 Å². The Morgan fingerprint density at radius 1 is 1.16 bits per heavy atom. The van der Waals surface area contributed by atoms with Gasteiger partial charge in [-0.25, -0.2) is 4.98 Å². The molecular formula is C22H22F2N2O6. The van der Waals surface area contributed by atoms with Crippen LogP contribution in [0.15, 0.2) is 47.1 Å². The van der Waals surface area contributed by atoms with Crippen molar-refractivity contribution in [2.24, 2.45) is 0 Å². The minimum Gasteiger partial charge on any atom is -0.507 e. The molecule has 3 aromatic rings. The van der Waals surface area contributed by atoms with Crippen LogP contribution < -0.4 is 19.5 Å². The molecule has 10 heteroatoms. The summed E-state index contributed by atoms with van der Waals surface area (Å²) in [6.07, 6.45) is 1.08. The Balaban J connectivity index is 1.75. The van der Waals surface area contributed by atoms with E-state index in [0.29, 0.717) is 11.3 Å². The van der Waals surface area contributed by atoms with Crippen LogP contribution in [0.5, 0.6) is 23.0 Å². The molecule has 0 aliphatic heterocycles. The number of aromatic hydroxyl groups is 1. The maximum Gasteiger partial charge on any atom is 0.387 e. The van der Waals surface area contributed by atoms with Crippen molar-refractivity contribution in [2.45, 2.75) is 33.1 Å². The van der Waals surface area contributed by atoms with Gasteiger partial charge < -0.3 is 29.1 Å². The molecule has 0 radical (unpaired) electrons. The fraction of sp³-hybridized carbons (Fsp3) is 0.273. The van der Waals surface area contributed by atoms with E-state index >= 15 is 0 Å². The van der Waals surface area contributed by atoms with Gasteiger partial charge in [-0.2, -0.15) is 8.78 Å². The number of phenolic OH excluding ortho intramolecular Hbond substituents is 1. The summed E-state index contributed by atoms with van der Waals surface area (Å²) in [6.45, 7) is 0.533. The van der Waals surface area contributed by atoms with Crippen molar-refractivity contribution in [1.82, 2.24) is 10.3 Å². The van der Waals surface area contributed by atoms with Gasteiger partial charge in [0.1, 0.15) is 23.3 Å². The zero-order valence-corrected chi connectivity index (χ0v) is 17.6. The van der Waals surface area contributed by atoms with Crippen molar-refractivity contribution in [3.05, 3.63) is 53.9 Å². The summed E-state index contributed by atoms with van der Waals surface area (Å²) < 4.78 is 45.9. The van der Waals surface area contributed by atoms with Gasteiger partial charge in [-0.05, 0) is 44.2 Å². The van der Waals surface area contributed by atoms with E-state index < -0.39 is 12.5 Å². The first-order valence-corrected chi connectivity index (χ1v) is 9.63. The third kappa shape index (κ3) is 5.45. The zero-order valence-electron chi connectivity index (χ0n) is 17.6. The minimum absolute atomic E-state index is 0.00353. The largest absolute Gasteiger partial charge is 0.507 e. The van der Waals surface area contributed by atoms with Gasteiger partial charge in [0, 0.05) is 5.56 Å². The average Bonchev–Trinajstić information content (AvgIpc) is 3.21. The van der Waals surface area contributed by atoms with E-state index in [2.05, 4.69) is 15.0 Å². The minimum atomic E-state index is -2.99. The van der Waals surface area contributed by atoms with Gasteiger partial charge in [0.05, 0.1) is 25.5 Å². The second-order valence-corrected chi connectivity index (χ2v) is 6.89. The Hall–Kier alpha value is -3.82. The Kier molecular flexibility index (Phi) is 7.14. The molecule has 0 fully saturated rings. The topological polar surface area (TPSA) is 103 Å². The van der Waals surface area contributed by atoms with Gasteiger partial charge in [0.2, 0.25) is 5.89 Å². The number of ether oxygens (including phenoxy) is 3. The summed E-state index contributed by atoms with van der Waals surface area (Å²) in [7, 11) is 1.39. The molecule has 0 spiro atoms. The predicted octanol–water partition coefficient (Wildman–Crippen LogP) is 4.37. The third-order valence-corrected chi connectivity index (χ3v) is 4.20. The monoisotopic (exact) mass is 448 g/mol. The Morgan fingerprint density at radius 2 is 1.94 bits per heavy atom. The van der Waals surface area contributed by atoms with Crippen LogP contribution in [-0.4, -0.2) is 35.8 Å². The van der Waals surface area contributed by atoms with E-state index in [1.807, 2.05) is 0 Å². The number of benzene rings is 2. The summed E-state index contributed by atoms with van der Waals surface area (Å²) in [4.78, 5) is 16.8. The number of amides is 1. The predicted molar refractivity (Wildman–Crippen MR) is 110 cm³/mol. The number of rotatable bonds is 9. The highest BCUT2D eigenvalue weighted by molar-refractivity contribution is 5.99. The summed E-state index contributed by atoms with van der Waals surface area (Å²) >= 11 is 0. The van der Waals surface area contributed by atoms with Gasteiger partial charge in [0.15, 0.2) is 11.5 Å². The lowest BCUT2D eigenvalue weighted by atomic mass is 10.1. The van der Waals surface area contributed by atoms with Crippen LogP contribution in [0.2, 0.25) is 0 Å². The Morgan fingerprint density at radius 3 is 2.62 bits per heavy atom. The van der Waals surface area contributed by atoms with E-state index in [-0.39, 0.29) is 47.1 Å². The molecule has 0 atom stereocenters. The van der Waals surface area contributed by atoms with Gasteiger partial charge in [-0.15, -0.1) is 0 Å². The maximum absolute atomic E-state index is 12.6. The smallest absolute Gasteiger partial charge is 0.387 e. The molecule has 1 heterocycles. The molecule has 3 rings (SSSR count). The lowest BCUT2D eigenvalue weighted by Gasteiger charge is -2.15. The molecule has 2 aromatic carbocycles. The molecule has 0 unspecified atom stereocenters. The first kappa shape index (κ1) is 22.9. The van der Waals surface area contributed by atoms with Crippen LogP contribution in [0.1, 0.15) is 29.9 Å². The second-order valence-electron chi connectivity index (χ2n) is 6.89. The van der Waals surface area contributed by atoms with E-state index in [1.165, 1.54) is 37.6 Å². The van der Waals surface area contributed by atoms with Crippen molar-refractivity contribution >= 4 is 5.91 Å². The first-order chi connectivity index (χ1) is 15.3. The molecule has 1 aromatic heterocycles. The van der Waals surface area contributed by atoms with Crippen LogP contribution in [0.4, 0.5) is 8.78 Å². The van der Waals surface area contributed by atoms with E-state index in [0.717, 1.165) is 0 Å². The molecule has 0 saturated carbocycles. The van der Waals surface area contributed by atoms with E-state index in [9.17, 15) is 18.7 Å². The number of nitrogens with one attached hydrogen (secondary N) is 1. The summed E-state index contributed by atoms with van der Waals surface area (Å²) in [6, 6.07) is 8.83. The fourth-order valence-electron chi connectivity index (χ4n) is 2.88. The lowest BCUT2D eigenvalue weighted by Crippen LogP contribution is -2.23. The van der Waals surface area contributed by atoms with Gasteiger partial charge in [0.25, 0.3) is 5.91 Å². The molecular weight excluding hydrogens is 426 g/mol. The zero-order chi connectivity index (χ0) is 23.3. The van der Waals surface area contributed by atoms with E-state index in [1.54, 1.807) is 26.0 Å². The first-order valence-electron chi connectivity index (χ1n) is 9.63. The van der Waals surface area contributed by atoms with Crippen LogP contribution in [0, 0.1) is 0 Å². The SMILES string of the molecule is COc1cccc(O)c1C(=O)NCc1coc(-c2ccc(OC(F)F)c(OC(C)C)c2)n1. The van der Waals surface area contributed by atoms with Gasteiger partial charge in [-0.3, -0.25) is 4.79 Å². The van der Waals surface area contributed by atoms with Crippen LogP contribution >= 0.6 is 0 Å². The number of carbonyl (C=O) groups is 1. The van der Waals surface area contributed by atoms with Crippen molar-refractivity contribution in [1.29, 1.82) is 0 Å². The third-order valence-electron chi connectivity index (χ3n) is 4.20. The number of hydrogen-bond acceptors (Lipinski definition) is 7. The molecule has 170 valence electrons. The second kappa shape index (κ2) is 9.99. The normalized spacial score (nSPS) is 11.0. The summed E-state index contributed by atoms with van der Waals surface area (Å²) in [5.41, 5.74) is 0.882. The molecule has 0 aliphatic carbocycles. The molecule has 0 bridgehead atoms. The molecule has 1 amide bonds. The molecule has 8 nitrogen and oxygen atoms in total. The van der Waals surface area contributed by atoms with Crippen LogP contribution in [0.3, 0.4) is 0 Å². The average molecular weight is 448 g/mol. The fourth-order valence-corrected chi connectivity index (χ4v) is 2.88. The summed E-state index contributed by atoms with van der Waals surface area (Å²) in [5, 5.41) is 12.6. The summed E-state index contributed by atoms with van der Waals surface area (Å²) in [5.74, 6) is -0.318. The molecule has 0 aliphatic rings. The van der Waals surface area contributed by atoms with Crippen molar-refractivity contribution < 1.29 is 37.3 Å². The number of nitrogens with zero attached hydrogens (tertiary/aromatic N) is 1. The van der Waals surface area contributed by atoms with Crippen LogP contribution in [-0.2, 0) is 6.54 Å². The van der Waals surface area contributed by atoms with Crippen molar-refractivity contribution in [3.8, 4) is 34.5 Å². The molecule has 0 saturated heterocycles. The van der Waals surface area contributed by atoms with Crippen molar-refractivity contribution in [2.75, 3.05) is 7.11 Å². The maximum atomic E-state index is 12.6. The number of halogens is 2. The number of hydrogen-bond donors (Lipinski definition) is 2. The standard InChI is InChI=1S/C22H22F2N2O6/c1-12(2)31-18-9-13(7-8-16(18)32-22(23)24)21-26-14(11-30-21)10-25-20(28)19-15(27)5-4-6-17(19)29-3/h4-9,11-12,22,27H,10H2,1-3H3,(H,25,28). The Labute approximate surface area is 182 Å². The Bertz CT molecular complexity index is 1080. The lowest BCUT2D eigenvalue weighted by molar-refractivity contribution is -0.0518. The van der Waals surface area contributed by atoms with Crippen LogP contribution in [0.25, 0.3) is 11.5 Å². The highest BCUT2D eigenvalue weighted by Gasteiger charge is 2.19. The molecule has 2 N–H and O–H groups in total. The highest BCUT2D eigenvalue weighted by Crippen LogP contribution is 2.34. The van der Waals surface area contributed by atoms with E-state index in [4.69, 9.17) is 13.9 Å². The quantitative estimate of drug-likeness (QED) is 0.501. The number of aromatic nitrogens is 1. The number of phenols is 1.